The van der Waals surface area contributed by atoms with Gasteiger partial charge in [-0.15, -0.1) is 0 Å². The maximum atomic E-state index is 12.2. The van der Waals surface area contributed by atoms with E-state index < -0.39 is 11.9 Å². The van der Waals surface area contributed by atoms with Crippen molar-refractivity contribution in [2.24, 2.45) is 0 Å². The Labute approximate surface area is 141 Å². The molecule has 0 fully saturated rings. The van der Waals surface area contributed by atoms with Crippen LogP contribution in [-0.2, 0) is 4.74 Å². The standard InChI is InChI=1S/C13H8Br2ClNO4/c1-20-13(19)8-4-6(14)5-9(15)10(8)17-12(18)7-2-3-21-11(7)16/h2-5H,1H3,(H,17,18). The minimum absolute atomic E-state index is 0.0275. The van der Waals surface area contributed by atoms with E-state index in [9.17, 15) is 9.59 Å². The molecule has 1 aromatic carbocycles. The Morgan fingerprint density at radius 3 is 2.57 bits per heavy atom. The van der Waals surface area contributed by atoms with Crippen molar-refractivity contribution >= 4 is 61.0 Å². The molecule has 110 valence electrons. The van der Waals surface area contributed by atoms with Crippen molar-refractivity contribution in [2.45, 2.75) is 0 Å². The molecule has 8 heteroatoms. The van der Waals surface area contributed by atoms with E-state index in [-0.39, 0.29) is 22.0 Å². The Balaban J connectivity index is 2.42. The van der Waals surface area contributed by atoms with Crippen LogP contribution in [0.1, 0.15) is 20.7 Å². The van der Waals surface area contributed by atoms with Gasteiger partial charge in [-0.2, -0.15) is 0 Å². The van der Waals surface area contributed by atoms with Crippen LogP contribution in [0.25, 0.3) is 0 Å². The Morgan fingerprint density at radius 1 is 1.29 bits per heavy atom. The molecular formula is C13H8Br2ClNO4. The van der Waals surface area contributed by atoms with E-state index >= 15 is 0 Å². The fourth-order valence-corrected chi connectivity index (χ4v) is 3.13. The molecule has 0 unspecified atom stereocenters. The average molecular weight is 437 g/mol. The molecule has 0 aliphatic heterocycles. The quantitative estimate of drug-likeness (QED) is 0.718. The highest BCUT2D eigenvalue weighted by Crippen LogP contribution is 2.32. The average Bonchev–Trinajstić information content (AvgIpc) is 2.86. The maximum Gasteiger partial charge on any atom is 0.340 e. The molecule has 0 aliphatic carbocycles. The number of esters is 1. The summed E-state index contributed by atoms with van der Waals surface area (Å²) in [6.07, 6.45) is 1.30. The predicted octanol–water partition coefficient (Wildman–Crippen LogP) is 4.50. The van der Waals surface area contributed by atoms with Crippen LogP contribution in [0.4, 0.5) is 5.69 Å². The Hall–Kier alpha value is -1.31. The van der Waals surface area contributed by atoms with Gasteiger partial charge in [0.05, 0.1) is 30.2 Å². The van der Waals surface area contributed by atoms with E-state index in [0.717, 1.165) is 0 Å². The minimum atomic E-state index is -0.578. The molecule has 0 aliphatic rings. The third-order valence-corrected chi connectivity index (χ3v) is 3.94. The van der Waals surface area contributed by atoms with Crippen molar-refractivity contribution in [2.75, 3.05) is 12.4 Å². The fraction of sp³-hybridized carbons (Fsp3) is 0.0769. The number of hydrogen-bond acceptors (Lipinski definition) is 4. The van der Waals surface area contributed by atoms with Gasteiger partial charge >= 0.3 is 5.97 Å². The first kappa shape index (κ1) is 16.1. The van der Waals surface area contributed by atoms with Crippen LogP contribution >= 0.6 is 43.5 Å². The molecule has 2 rings (SSSR count). The molecule has 1 aromatic heterocycles. The molecule has 1 N–H and O–H groups in total. The first-order chi connectivity index (χ1) is 9.93. The van der Waals surface area contributed by atoms with E-state index in [1.165, 1.54) is 19.4 Å². The van der Waals surface area contributed by atoms with Gasteiger partial charge in [0.25, 0.3) is 5.91 Å². The molecule has 1 amide bonds. The van der Waals surface area contributed by atoms with Crippen LogP contribution in [0, 0.1) is 0 Å². The minimum Gasteiger partial charge on any atom is -0.465 e. The number of benzene rings is 1. The first-order valence-corrected chi connectivity index (χ1v) is 7.52. The second-order valence-electron chi connectivity index (χ2n) is 3.86. The second-order valence-corrected chi connectivity index (χ2v) is 5.98. The number of carbonyl (C=O) groups is 2. The zero-order chi connectivity index (χ0) is 15.6. The van der Waals surface area contributed by atoms with E-state index in [2.05, 4.69) is 37.2 Å². The van der Waals surface area contributed by atoms with Crippen molar-refractivity contribution in [1.82, 2.24) is 0 Å². The summed E-state index contributed by atoms with van der Waals surface area (Å²) in [5.74, 6) is -1.08. The summed E-state index contributed by atoms with van der Waals surface area (Å²) >= 11 is 12.3. The number of methoxy groups -OCH3 is 1. The molecule has 21 heavy (non-hydrogen) atoms. The molecule has 5 nitrogen and oxygen atoms in total. The number of ether oxygens (including phenoxy) is 1. The molecule has 0 bridgehead atoms. The summed E-state index contributed by atoms with van der Waals surface area (Å²) < 4.78 is 10.8. The number of hydrogen-bond donors (Lipinski definition) is 1. The Morgan fingerprint density at radius 2 is 2.00 bits per heavy atom. The third-order valence-electron chi connectivity index (χ3n) is 2.56. The van der Waals surface area contributed by atoms with Gasteiger partial charge in [0.1, 0.15) is 0 Å². The zero-order valence-electron chi connectivity index (χ0n) is 10.6. The van der Waals surface area contributed by atoms with E-state index in [1.54, 1.807) is 12.1 Å². The van der Waals surface area contributed by atoms with Gasteiger partial charge in [0.2, 0.25) is 5.22 Å². The van der Waals surface area contributed by atoms with Gasteiger partial charge < -0.3 is 14.5 Å². The van der Waals surface area contributed by atoms with Gasteiger partial charge in [0, 0.05) is 8.95 Å². The highest BCUT2D eigenvalue weighted by molar-refractivity contribution is 9.11. The SMILES string of the molecule is COC(=O)c1cc(Br)cc(Br)c1NC(=O)c1ccoc1Cl. The van der Waals surface area contributed by atoms with Crippen molar-refractivity contribution in [3.8, 4) is 0 Å². The summed E-state index contributed by atoms with van der Waals surface area (Å²) in [5.41, 5.74) is 0.654. The van der Waals surface area contributed by atoms with Crippen LogP contribution in [-0.4, -0.2) is 19.0 Å². The highest BCUT2D eigenvalue weighted by atomic mass is 79.9. The molecule has 0 saturated heterocycles. The van der Waals surface area contributed by atoms with Crippen molar-refractivity contribution in [3.05, 3.63) is 49.8 Å². The van der Waals surface area contributed by atoms with Gasteiger partial charge in [-0.3, -0.25) is 4.79 Å². The van der Waals surface area contributed by atoms with Crippen LogP contribution < -0.4 is 5.32 Å². The van der Waals surface area contributed by atoms with Gasteiger partial charge in [-0.05, 0) is 45.7 Å². The Bertz CT molecular complexity index is 714. The van der Waals surface area contributed by atoms with Crippen molar-refractivity contribution in [3.63, 3.8) is 0 Å². The fourth-order valence-electron chi connectivity index (χ4n) is 1.61. The van der Waals surface area contributed by atoms with Crippen molar-refractivity contribution < 1.29 is 18.7 Å². The zero-order valence-corrected chi connectivity index (χ0v) is 14.5. The highest BCUT2D eigenvalue weighted by Gasteiger charge is 2.20. The van der Waals surface area contributed by atoms with Crippen LogP contribution in [0.2, 0.25) is 5.22 Å². The molecule has 0 atom stereocenters. The lowest BCUT2D eigenvalue weighted by atomic mass is 10.1. The summed E-state index contributed by atoms with van der Waals surface area (Å²) in [6.45, 7) is 0. The number of anilines is 1. The Kier molecular flexibility index (Phi) is 5.08. The van der Waals surface area contributed by atoms with Crippen LogP contribution in [0.15, 0.2) is 37.8 Å². The van der Waals surface area contributed by atoms with Gasteiger partial charge in [0.15, 0.2) is 0 Å². The van der Waals surface area contributed by atoms with E-state index in [4.69, 9.17) is 20.8 Å². The summed E-state index contributed by atoms with van der Waals surface area (Å²) in [7, 11) is 1.26. The lowest BCUT2D eigenvalue weighted by Gasteiger charge is -2.12. The molecular weight excluding hydrogens is 429 g/mol. The number of amides is 1. The normalized spacial score (nSPS) is 10.3. The van der Waals surface area contributed by atoms with Crippen molar-refractivity contribution in [1.29, 1.82) is 0 Å². The number of rotatable bonds is 3. The number of nitrogens with one attached hydrogen (secondary N) is 1. The molecule has 2 aromatic rings. The van der Waals surface area contributed by atoms with E-state index in [1.807, 2.05) is 0 Å². The topological polar surface area (TPSA) is 68.5 Å². The van der Waals surface area contributed by atoms with Gasteiger partial charge in [-0.1, -0.05) is 15.9 Å². The lowest BCUT2D eigenvalue weighted by molar-refractivity contribution is 0.0602. The largest absolute Gasteiger partial charge is 0.465 e. The van der Waals surface area contributed by atoms with Crippen LogP contribution in [0.5, 0.6) is 0 Å². The molecule has 1 heterocycles. The maximum absolute atomic E-state index is 12.2. The van der Waals surface area contributed by atoms with Crippen LogP contribution in [0.3, 0.4) is 0 Å². The molecule has 0 radical (unpaired) electrons. The molecule has 0 spiro atoms. The monoisotopic (exact) mass is 435 g/mol. The smallest absolute Gasteiger partial charge is 0.340 e. The predicted molar refractivity (Wildman–Crippen MR) is 84.9 cm³/mol. The summed E-state index contributed by atoms with van der Waals surface area (Å²) in [6, 6.07) is 4.67. The number of carbonyl (C=O) groups excluding carboxylic acids is 2. The summed E-state index contributed by atoms with van der Waals surface area (Å²) in [5, 5.41) is 2.59. The second kappa shape index (κ2) is 6.64. The summed E-state index contributed by atoms with van der Waals surface area (Å²) in [4.78, 5) is 24.0. The first-order valence-electron chi connectivity index (χ1n) is 5.55. The van der Waals surface area contributed by atoms with Gasteiger partial charge in [-0.25, -0.2) is 4.79 Å². The number of furan rings is 1. The van der Waals surface area contributed by atoms with E-state index in [0.29, 0.717) is 8.95 Å². The number of halogens is 3. The third kappa shape index (κ3) is 3.48. The lowest BCUT2D eigenvalue weighted by Crippen LogP contribution is -2.16. The molecule has 0 saturated carbocycles.